The first-order chi connectivity index (χ1) is 11.5. The molecule has 0 radical (unpaired) electrons. The number of methoxy groups -OCH3 is 1. The number of nitrogens with two attached hydrogens (primary N) is 1. The molecule has 0 spiro atoms. The van der Waals surface area contributed by atoms with Gasteiger partial charge in [0.2, 0.25) is 5.91 Å². The van der Waals surface area contributed by atoms with E-state index >= 15 is 0 Å². The third-order valence-corrected chi connectivity index (χ3v) is 3.56. The number of urea groups is 1. The van der Waals surface area contributed by atoms with Crippen LogP contribution in [0.1, 0.15) is 21.5 Å². The highest BCUT2D eigenvalue weighted by atomic mass is 16.5. The first-order valence-corrected chi connectivity index (χ1v) is 7.58. The summed E-state index contributed by atoms with van der Waals surface area (Å²) in [7, 11) is 1.61. The normalized spacial score (nSPS) is 10.1. The Kier molecular flexibility index (Phi) is 5.78. The lowest BCUT2D eigenvalue weighted by Gasteiger charge is -2.10. The molecule has 0 atom stereocenters. The molecule has 24 heavy (non-hydrogen) atoms. The summed E-state index contributed by atoms with van der Waals surface area (Å²) in [6, 6.07) is 12.2. The third kappa shape index (κ3) is 4.74. The Morgan fingerprint density at radius 3 is 2.62 bits per heavy atom. The van der Waals surface area contributed by atoms with Gasteiger partial charge in [-0.1, -0.05) is 12.1 Å². The van der Waals surface area contributed by atoms with Crippen LogP contribution >= 0.6 is 0 Å². The van der Waals surface area contributed by atoms with Crippen LogP contribution in [0.5, 0.6) is 5.75 Å². The highest BCUT2D eigenvalue weighted by Gasteiger charge is 2.05. The monoisotopic (exact) mass is 327 g/mol. The quantitative estimate of drug-likeness (QED) is 0.761. The van der Waals surface area contributed by atoms with Crippen LogP contribution in [0.2, 0.25) is 0 Å². The van der Waals surface area contributed by atoms with E-state index in [0.717, 1.165) is 16.9 Å². The second kappa shape index (κ2) is 8.01. The molecule has 0 aliphatic carbocycles. The minimum atomic E-state index is -0.461. The van der Waals surface area contributed by atoms with Gasteiger partial charge in [-0.2, -0.15) is 0 Å². The van der Waals surface area contributed by atoms with Crippen molar-refractivity contribution in [1.29, 1.82) is 0 Å². The van der Waals surface area contributed by atoms with Crippen LogP contribution in [0.15, 0.2) is 42.5 Å². The molecule has 0 aromatic heterocycles. The second-order valence-corrected chi connectivity index (χ2v) is 5.38. The zero-order valence-corrected chi connectivity index (χ0v) is 13.8. The van der Waals surface area contributed by atoms with Crippen molar-refractivity contribution in [2.75, 3.05) is 19.0 Å². The number of nitrogens with one attached hydrogen (secondary N) is 2. The van der Waals surface area contributed by atoms with Crippen LogP contribution in [-0.4, -0.2) is 25.6 Å². The van der Waals surface area contributed by atoms with Gasteiger partial charge in [0.15, 0.2) is 0 Å². The number of benzene rings is 2. The average Bonchev–Trinajstić information content (AvgIpc) is 2.55. The molecule has 6 nitrogen and oxygen atoms in total. The Morgan fingerprint density at radius 2 is 1.96 bits per heavy atom. The largest absolute Gasteiger partial charge is 0.496 e. The Labute approximate surface area is 141 Å². The van der Waals surface area contributed by atoms with Crippen molar-refractivity contribution in [3.8, 4) is 5.75 Å². The first-order valence-electron chi connectivity index (χ1n) is 7.58. The molecule has 6 heteroatoms. The Morgan fingerprint density at radius 1 is 1.17 bits per heavy atom. The summed E-state index contributed by atoms with van der Waals surface area (Å²) in [5.74, 6) is 0.313. The van der Waals surface area contributed by atoms with Gasteiger partial charge < -0.3 is 21.1 Å². The summed E-state index contributed by atoms with van der Waals surface area (Å²) in [5.41, 5.74) is 8.29. The van der Waals surface area contributed by atoms with Crippen LogP contribution in [0.4, 0.5) is 10.5 Å². The molecule has 0 heterocycles. The molecule has 0 aliphatic rings. The lowest BCUT2D eigenvalue weighted by Crippen LogP contribution is -2.30. The van der Waals surface area contributed by atoms with Crippen LogP contribution in [-0.2, 0) is 6.42 Å². The number of primary amides is 1. The standard InChI is InChI=1S/C18H21N3O3/c1-12-10-15(6-7-16(12)24-2)21-18(23)20-9-8-13-4-3-5-14(11-13)17(19)22/h3-7,10-11H,8-9H2,1-2H3,(H2,19,22)(H2,20,21,23). The molecule has 0 saturated carbocycles. The molecular formula is C18H21N3O3. The summed E-state index contributed by atoms with van der Waals surface area (Å²) in [6.45, 7) is 2.36. The van der Waals surface area contributed by atoms with Crippen LogP contribution in [0, 0.1) is 6.92 Å². The van der Waals surface area contributed by atoms with Crippen molar-refractivity contribution in [3.05, 3.63) is 59.2 Å². The number of aryl methyl sites for hydroxylation is 1. The van der Waals surface area contributed by atoms with Crippen molar-refractivity contribution in [2.45, 2.75) is 13.3 Å². The zero-order chi connectivity index (χ0) is 17.5. The number of carbonyl (C=O) groups excluding carboxylic acids is 2. The van der Waals surface area contributed by atoms with Crippen LogP contribution in [0.3, 0.4) is 0 Å². The lowest BCUT2D eigenvalue weighted by atomic mass is 10.1. The fourth-order valence-corrected chi connectivity index (χ4v) is 2.33. The Balaban J connectivity index is 1.84. The molecular weight excluding hydrogens is 306 g/mol. The molecule has 0 aliphatic heterocycles. The minimum Gasteiger partial charge on any atom is -0.496 e. The fourth-order valence-electron chi connectivity index (χ4n) is 2.33. The zero-order valence-electron chi connectivity index (χ0n) is 13.8. The number of amides is 3. The summed E-state index contributed by atoms with van der Waals surface area (Å²) in [5, 5.41) is 5.55. The van der Waals surface area contributed by atoms with Crippen molar-refractivity contribution in [1.82, 2.24) is 5.32 Å². The fraction of sp³-hybridized carbons (Fsp3) is 0.222. The van der Waals surface area contributed by atoms with Crippen LogP contribution in [0.25, 0.3) is 0 Å². The molecule has 3 amide bonds. The van der Waals surface area contributed by atoms with Crippen LogP contribution < -0.4 is 21.1 Å². The van der Waals surface area contributed by atoms with Crippen molar-refractivity contribution >= 4 is 17.6 Å². The molecule has 2 rings (SSSR count). The number of carbonyl (C=O) groups is 2. The average molecular weight is 327 g/mol. The number of ether oxygens (including phenoxy) is 1. The maximum absolute atomic E-state index is 11.9. The molecule has 4 N–H and O–H groups in total. The van der Waals surface area contributed by atoms with Gasteiger partial charge in [0, 0.05) is 17.8 Å². The van der Waals surface area contributed by atoms with Gasteiger partial charge in [0.05, 0.1) is 7.11 Å². The van der Waals surface area contributed by atoms with Gasteiger partial charge in [-0.05, 0) is 54.8 Å². The van der Waals surface area contributed by atoms with Gasteiger partial charge in [-0.15, -0.1) is 0 Å². The van der Waals surface area contributed by atoms with E-state index in [9.17, 15) is 9.59 Å². The van der Waals surface area contributed by atoms with E-state index in [4.69, 9.17) is 10.5 Å². The molecule has 0 unspecified atom stereocenters. The number of anilines is 1. The van der Waals surface area contributed by atoms with Gasteiger partial charge >= 0.3 is 6.03 Å². The third-order valence-electron chi connectivity index (χ3n) is 3.56. The van der Waals surface area contributed by atoms with Gasteiger partial charge in [-0.25, -0.2) is 4.79 Å². The maximum atomic E-state index is 11.9. The summed E-state index contributed by atoms with van der Waals surface area (Å²) >= 11 is 0. The minimum absolute atomic E-state index is 0.286. The van der Waals surface area contributed by atoms with Gasteiger partial charge in [0.25, 0.3) is 0 Å². The highest BCUT2D eigenvalue weighted by Crippen LogP contribution is 2.21. The van der Waals surface area contributed by atoms with Crippen molar-refractivity contribution in [3.63, 3.8) is 0 Å². The number of hydrogen-bond acceptors (Lipinski definition) is 3. The maximum Gasteiger partial charge on any atom is 0.319 e. The summed E-state index contributed by atoms with van der Waals surface area (Å²) in [6.07, 6.45) is 0.607. The van der Waals surface area contributed by atoms with Gasteiger partial charge in [-0.3, -0.25) is 4.79 Å². The van der Waals surface area contributed by atoms with E-state index in [1.807, 2.05) is 19.1 Å². The van der Waals surface area contributed by atoms with E-state index in [2.05, 4.69) is 10.6 Å². The van der Waals surface area contributed by atoms with E-state index in [0.29, 0.717) is 24.2 Å². The first kappa shape index (κ1) is 17.3. The molecule has 2 aromatic rings. The van der Waals surface area contributed by atoms with E-state index in [-0.39, 0.29) is 6.03 Å². The Hall–Kier alpha value is -3.02. The molecule has 0 saturated heterocycles. The lowest BCUT2D eigenvalue weighted by molar-refractivity contribution is 0.1000. The Bertz CT molecular complexity index is 744. The number of rotatable bonds is 6. The molecule has 126 valence electrons. The predicted octanol–water partition coefficient (Wildman–Crippen LogP) is 2.47. The highest BCUT2D eigenvalue weighted by molar-refractivity contribution is 5.93. The van der Waals surface area contributed by atoms with Crippen molar-refractivity contribution in [2.24, 2.45) is 5.73 Å². The predicted molar refractivity (Wildman–Crippen MR) is 93.4 cm³/mol. The molecule has 2 aromatic carbocycles. The van der Waals surface area contributed by atoms with E-state index < -0.39 is 5.91 Å². The number of hydrogen-bond donors (Lipinski definition) is 3. The second-order valence-electron chi connectivity index (χ2n) is 5.38. The molecule has 0 fully saturated rings. The van der Waals surface area contributed by atoms with Crippen molar-refractivity contribution < 1.29 is 14.3 Å². The topological polar surface area (TPSA) is 93.4 Å². The van der Waals surface area contributed by atoms with E-state index in [1.54, 1.807) is 37.4 Å². The summed E-state index contributed by atoms with van der Waals surface area (Å²) < 4.78 is 5.18. The smallest absolute Gasteiger partial charge is 0.319 e. The SMILES string of the molecule is COc1ccc(NC(=O)NCCc2cccc(C(N)=O)c2)cc1C. The molecule has 0 bridgehead atoms. The van der Waals surface area contributed by atoms with E-state index in [1.165, 1.54) is 0 Å². The van der Waals surface area contributed by atoms with Gasteiger partial charge in [0.1, 0.15) is 5.75 Å². The summed E-state index contributed by atoms with van der Waals surface area (Å²) in [4.78, 5) is 23.1.